The first-order chi connectivity index (χ1) is 23.6. The fraction of sp³-hybridized carbons (Fsp3) is 0.457. The van der Waals surface area contributed by atoms with Crippen LogP contribution in [0.3, 0.4) is 0 Å². The monoisotopic (exact) mass is 731 g/mol. The van der Waals surface area contributed by atoms with E-state index in [1.807, 2.05) is 0 Å². The van der Waals surface area contributed by atoms with Crippen LogP contribution in [0, 0.1) is 18.8 Å². The van der Waals surface area contributed by atoms with E-state index in [9.17, 15) is 36.1 Å². The summed E-state index contributed by atoms with van der Waals surface area (Å²) in [5.74, 6) is -2.64. The second kappa shape index (κ2) is 15.6. The lowest BCUT2D eigenvalue weighted by Crippen LogP contribution is -2.71. The molecule has 0 saturated heterocycles. The average Bonchev–Trinajstić information content (AvgIpc) is 3.92. The van der Waals surface area contributed by atoms with Gasteiger partial charge in [-0.1, -0.05) is 50.1 Å². The van der Waals surface area contributed by atoms with E-state index in [-0.39, 0.29) is 34.0 Å². The van der Waals surface area contributed by atoms with E-state index in [1.54, 1.807) is 25.1 Å². The summed E-state index contributed by atoms with van der Waals surface area (Å²) in [5.41, 5.74) is 2.91. The Morgan fingerprint density at radius 1 is 1.08 bits per heavy atom. The Labute approximate surface area is 292 Å². The third-order valence-electron chi connectivity index (χ3n) is 9.65. The van der Waals surface area contributed by atoms with Crippen LogP contribution in [0.2, 0.25) is 0 Å². The van der Waals surface area contributed by atoms with Gasteiger partial charge in [-0.25, -0.2) is 13.2 Å². The second-order valence-electron chi connectivity index (χ2n) is 12.8. The highest BCUT2D eigenvalue weighted by atomic mass is 32.2. The van der Waals surface area contributed by atoms with Gasteiger partial charge in [-0.2, -0.15) is 8.42 Å². The van der Waals surface area contributed by atoms with Gasteiger partial charge in [0.05, 0.1) is 16.5 Å². The van der Waals surface area contributed by atoms with Crippen LogP contribution >= 0.6 is 0 Å². The second-order valence-corrected chi connectivity index (χ2v) is 16.1. The van der Waals surface area contributed by atoms with Crippen LogP contribution in [0.15, 0.2) is 74.8 Å². The van der Waals surface area contributed by atoms with Crippen LogP contribution in [0.1, 0.15) is 75.2 Å². The van der Waals surface area contributed by atoms with Gasteiger partial charge in [0.15, 0.2) is 10.5 Å². The lowest BCUT2D eigenvalue weighted by atomic mass is 9.67. The van der Waals surface area contributed by atoms with Crippen molar-refractivity contribution in [1.29, 1.82) is 0 Å². The summed E-state index contributed by atoms with van der Waals surface area (Å²) in [4.78, 5) is 39.1. The SMILES string of the molecule is CCCC(C(=O)C(N)C(CCCCC=O)C1CC1)(C(NC)(c1cccc(NS(=O)(=O)c2ccccc2)c1)c1cc(O)c(C)c(=O)o1)S(=O)(=O)O. The molecule has 0 bridgehead atoms. The lowest BCUT2D eigenvalue weighted by Gasteiger charge is -2.48. The van der Waals surface area contributed by atoms with Crippen molar-refractivity contribution in [2.45, 2.75) is 86.4 Å². The number of carbonyl (C=O) groups excluding carboxylic acids is 2. The minimum Gasteiger partial charge on any atom is -0.507 e. The van der Waals surface area contributed by atoms with Gasteiger partial charge < -0.3 is 25.4 Å². The molecule has 0 amide bonds. The number of nitrogens with one attached hydrogen (secondary N) is 2. The average molecular weight is 732 g/mol. The Bertz CT molecular complexity index is 1960. The Balaban J connectivity index is 2.04. The largest absolute Gasteiger partial charge is 0.507 e. The summed E-state index contributed by atoms with van der Waals surface area (Å²) in [6, 6.07) is 12.5. The van der Waals surface area contributed by atoms with Crippen LogP contribution in [0.25, 0.3) is 0 Å². The molecule has 4 unspecified atom stereocenters. The number of hydrogen-bond donors (Lipinski definition) is 5. The van der Waals surface area contributed by atoms with Gasteiger partial charge in [0.25, 0.3) is 20.1 Å². The Hall–Kier alpha value is -3.89. The van der Waals surface area contributed by atoms with Crippen molar-refractivity contribution in [3.05, 3.63) is 88.0 Å². The molecular formula is C35H45N3O10S2. The van der Waals surface area contributed by atoms with Crippen molar-refractivity contribution in [3.8, 4) is 5.75 Å². The van der Waals surface area contributed by atoms with E-state index in [1.165, 1.54) is 50.4 Å². The number of carbonyl (C=O) groups is 2. The molecule has 1 fully saturated rings. The molecule has 15 heteroatoms. The van der Waals surface area contributed by atoms with Crippen LogP contribution in [-0.4, -0.2) is 56.4 Å². The number of ketones is 1. The summed E-state index contributed by atoms with van der Waals surface area (Å²) in [7, 11) is -8.38. The normalized spacial score (nSPS) is 17.2. The number of rotatable bonds is 19. The molecule has 1 aliphatic carbocycles. The summed E-state index contributed by atoms with van der Waals surface area (Å²) < 4.78 is 71.4. The van der Waals surface area contributed by atoms with Gasteiger partial charge in [-0.3, -0.25) is 14.1 Å². The highest BCUT2D eigenvalue weighted by Crippen LogP contribution is 2.50. The molecular weight excluding hydrogens is 687 g/mol. The van der Waals surface area contributed by atoms with Crippen molar-refractivity contribution < 1.29 is 40.5 Å². The van der Waals surface area contributed by atoms with Crippen LogP contribution in [0.5, 0.6) is 5.75 Å². The van der Waals surface area contributed by atoms with Crippen LogP contribution in [-0.2, 0) is 35.3 Å². The molecule has 3 aromatic rings. The van der Waals surface area contributed by atoms with Crippen molar-refractivity contribution in [2.75, 3.05) is 11.8 Å². The van der Waals surface area contributed by atoms with Gasteiger partial charge in [-0.15, -0.1) is 0 Å². The number of sulfonamides is 1. The number of unbranched alkanes of at least 4 members (excludes halogenated alkanes) is 2. The first kappa shape index (κ1) is 38.9. The predicted octanol–water partition coefficient (Wildman–Crippen LogP) is 4.03. The summed E-state index contributed by atoms with van der Waals surface area (Å²) in [6.45, 7) is 2.89. The number of aldehydes is 1. The number of nitrogens with two attached hydrogens (primary N) is 1. The zero-order chi connectivity index (χ0) is 36.9. The molecule has 6 N–H and O–H groups in total. The predicted molar refractivity (Wildman–Crippen MR) is 188 cm³/mol. The molecule has 4 atom stereocenters. The zero-order valence-corrected chi connectivity index (χ0v) is 29.9. The van der Waals surface area contributed by atoms with E-state index in [0.717, 1.165) is 25.2 Å². The topological polar surface area (TPSA) is 223 Å². The number of aromatic hydroxyl groups is 1. The van der Waals surface area contributed by atoms with Gasteiger partial charge >= 0.3 is 5.63 Å². The highest BCUT2D eigenvalue weighted by Gasteiger charge is 2.68. The third-order valence-corrected chi connectivity index (χ3v) is 12.6. The van der Waals surface area contributed by atoms with Crippen LogP contribution in [0.4, 0.5) is 5.69 Å². The van der Waals surface area contributed by atoms with Crippen molar-refractivity contribution in [3.63, 3.8) is 0 Å². The van der Waals surface area contributed by atoms with E-state index in [4.69, 9.17) is 10.2 Å². The fourth-order valence-corrected chi connectivity index (χ4v) is 9.63. The van der Waals surface area contributed by atoms with Crippen molar-refractivity contribution in [2.24, 2.45) is 17.6 Å². The number of anilines is 1. The van der Waals surface area contributed by atoms with Crippen molar-refractivity contribution in [1.82, 2.24) is 5.32 Å². The molecule has 1 saturated carbocycles. The molecule has 1 aliphatic rings. The van der Waals surface area contributed by atoms with E-state index in [2.05, 4.69) is 10.0 Å². The van der Waals surface area contributed by atoms with Gasteiger partial charge in [0.1, 0.15) is 23.3 Å². The molecule has 1 aromatic heterocycles. The minimum absolute atomic E-state index is 0.00645. The zero-order valence-electron chi connectivity index (χ0n) is 28.3. The maximum Gasteiger partial charge on any atom is 0.342 e. The maximum absolute atomic E-state index is 15.1. The summed E-state index contributed by atoms with van der Waals surface area (Å²) in [6.07, 6.45) is 3.62. The molecule has 1 heterocycles. The number of hydrogen-bond acceptors (Lipinski definition) is 11. The number of Topliss-reactive ketones (excluding diaryl/α,β-unsaturated/α-hetero) is 1. The quantitative estimate of drug-likeness (QED) is 0.0670. The first-order valence-corrected chi connectivity index (χ1v) is 19.5. The fourth-order valence-electron chi connectivity index (χ4n) is 7.00. The molecule has 50 heavy (non-hydrogen) atoms. The summed E-state index contributed by atoms with van der Waals surface area (Å²) >= 11 is 0. The van der Waals surface area contributed by atoms with E-state index >= 15 is 4.79 Å². The molecule has 0 radical (unpaired) electrons. The highest BCUT2D eigenvalue weighted by molar-refractivity contribution is 7.92. The first-order valence-electron chi connectivity index (χ1n) is 16.5. The number of benzene rings is 2. The molecule has 0 spiro atoms. The third kappa shape index (κ3) is 7.42. The smallest absolute Gasteiger partial charge is 0.342 e. The Kier molecular flexibility index (Phi) is 12.1. The lowest BCUT2D eigenvalue weighted by molar-refractivity contribution is -0.127. The molecule has 272 valence electrons. The van der Waals surface area contributed by atoms with E-state index < -0.39 is 71.7 Å². The molecule has 2 aromatic carbocycles. The van der Waals surface area contributed by atoms with E-state index in [0.29, 0.717) is 25.7 Å². The molecule has 0 aliphatic heterocycles. The Morgan fingerprint density at radius 3 is 2.32 bits per heavy atom. The minimum atomic E-state index is -5.51. The van der Waals surface area contributed by atoms with Gasteiger partial charge in [0, 0.05) is 18.2 Å². The standard InChI is InChI=1S/C35H45N3O10S2/c1-4-19-34(50(45,46)47,32(41)31(36)28(24-17-18-24)16-9-6-10-20-39)35(37-3,30-22-29(40)23(2)33(42)48-30)25-12-11-13-26(21-25)38-49(43,44)27-14-7-5-8-15-27/h5,7-8,11-15,20-22,24,28,31,37-38,40H,4,6,9-10,16-19,36H2,1-3H3,(H,45,46,47). The molecule has 4 rings (SSSR count). The Morgan fingerprint density at radius 2 is 1.76 bits per heavy atom. The molecule has 13 nitrogen and oxygen atoms in total. The van der Waals surface area contributed by atoms with Gasteiger partial charge in [0.2, 0.25) is 0 Å². The van der Waals surface area contributed by atoms with Crippen molar-refractivity contribution >= 4 is 37.9 Å². The summed E-state index contributed by atoms with van der Waals surface area (Å²) in [5, 5.41) is 13.7. The van der Waals surface area contributed by atoms with Crippen LogP contribution < -0.4 is 21.4 Å². The van der Waals surface area contributed by atoms with Gasteiger partial charge in [-0.05, 0) is 87.7 Å². The maximum atomic E-state index is 15.1.